The van der Waals surface area contributed by atoms with E-state index in [0.29, 0.717) is 5.75 Å². The number of nitrogens with one attached hydrogen (secondary N) is 2. The van der Waals surface area contributed by atoms with Crippen LogP contribution in [-0.2, 0) is 0 Å². The van der Waals surface area contributed by atoms with Gasteiger partial charge in [-0.25, -0.2) is 9.97 Å². The third-order valence-electron chi connectivity index (χ3n) is 3.73. The fourth-order valence-corrected chi connectivity index (χ4v) is 2.69. The lowest BCUT2D eigenvalue weighted by molar-refractivity contribution is 0.345. The second-order valence-electron chi connectivity index (χ2n) is 5.38. The van der Waals surface area contributed by atoms with Gasteiger partial charge in [-0.05, 0) is 26.7 Å². The van der Waals surface area contributed by atoms with Crippen molar-refractivity contribution in [1.82, 2.24) is 9.97 Å². The summed E-state index contributed by atoms with van der Waals surface area (Å²) in [5.74, 6) is 2.25. The molecule has 2 N–H and O–H groups in total. The Hall–Kier alpha value is -1.52. The number of ether oxygens (including phenoxy) is 1. The minimum atomic E-state index is 0.114. The summed E-state index contributed by atoms with van der Waals surface area (Å²) in [5.41, 5.74) is 0.114. The van der Waals surface area contributed by atoms with Crippen LogP contribution < -0.4 is 15.4 Å². The van der Waals surface area contributed by atoms with Crippen LogP contribution in [0.15, 0.2) is 6.33 Å². The lowest BCUT2D eigenvalue weighted by Crippen LogP contribution is -2.37. The van der Waals surface area contributed by atoms with Crippen molar-refractivity contribution in [2.45, 2.75) is 51.5 Å². The Kier molecular flexibility index (Phi) is 4.45. The first-order chi connectivity index (χ1) is 9.18. The highest BCUT2D eigenvalue weighted by Gasteiger charge is 2.28. The Morgan fingerprint density at radius 1 is 1.21 bits per heavy atom. The van der Waals surface area contributed by atoms with Crippen molar-refractivity contribution in [1.29, 1.82) is 0 Å². The van der Waals surface area contributed by atoms with Gasteiger partial charge in [0.05, 0.1) is 7.11 Å². The molecule has 0 aromatic carbocycles. The summed E-state index contributed by atoms with van der Waals surface area (Å²) < 4.78 is 5.47. The Labute approximate surface area is 115 Å². The van der Waals surface area contributed by atoms with Gasteiger partial charge in [-0.2, -0.15) is 0 Å². The molecule has 0 saturated heterocycles. The Bertz CT molecular complexity index is 416. The molecule has 1 aromatic heterocycles. The summed E-state index contributed by atoms with van der Waals surface area (Å²) in [6, 6.07) is 0. The molecule has 5 heteroatoms. The lowest BCUT2D eigenvalue weighted by Gasteiger charge is -2.35. The molecule has 5 nitrogen and oxygen atoms in total. The van der Waals surface area contributed by atoms with Crippen molar-refractivity contribution in [3.63, 3.8) is 0 Å². The molecule has 0 amide bonds. The Balaban J connectivity index is 2.21. The monoisotopic (exact) mass is 264 g/mol. The Morgan fingerprint density at radius 2 is 1.89 bits per heavy atom. The van der Waals surface area contributed by atoms with Crippen LogP contribution in [0.1, 0.15) is 46.0 Å². The second-order valence-corrected chi connectivity index (χ2v) is 5.38. The van der Waals surface area contributed by atoms with Gasteiger partial charge in [0.15, 0.2) is 11.6 Å². The smallest absolute Gasteiger partial charge is 0.204 e. The molecule has 1 aliphatic carbocycles. The Morgan fingerprint density at radius 3 is 2.53 bits per heavy atom. The molecular formula is C14H24N4O. The molecule has 106 valence electrons. The van der Waals surface area contributed by atoms with E-state index in [0.717, 1.165) is 18.2 Å². The summed E-state index contributed by atoms with van der Waals surface area (Å²) in [6.45, 7) is 5.11. The van der Waals surface area contributed by atoms with Gasteiger partial charge in [0, 0.05) is 12.1 Å². The fourth-order valence-electron chi connectivity index (χ4n) is 2.69. The highest BCUT2D eigenvalue weighted by Crippen LogP contribution is 2.35. The number of rotatable bonds is 5. The van der Waals surface area contributed by atoms with Crippen LogP contribution >= 0.6 is 0 Å². The van der Waals surface area contributed by atoms with Crippen LogP contribution in [0.5, 0.6) is 5.75 Å². The van der Waals surface area contributed by atoms with Gasteiger partial charge in [0.2, 0.25) is 5.75 Å². The first-order valence-corrected chi connectivity index (χ1v) is 7.09. The molecule has 0 bridgehead atoms. The van der Waals surface area contributed by atoms with E-state index in [1.807, 2.05) is 6.92 Å². The highest BCUT2D eigenvalue weighted by molar-refractivity contribution is 5.64. The average molecular weight is 264 g/mol. The van der Waals surface area contributed by atoms with Crippen LogP contribution in [0.3, 0.4) is 0 Å². The second kappa shape index (κ2) is 6.08. The SMILES string of the molecule is CCNc1ncnc(NC2(C)CCCCC2)c1OC. The normalized spacial score (nSPS) is 17.8. The van der Waals surface area contributed by atoms with E-state index in [2.05, 4.69) is 27.5 Å². The maximum Gasteiger partial charge on any atom is 0.204 e. The van der Waals surface area contributed by atoms with E-state index in [9.17, 15) is 0 Å². The summed E-state index contributed by atoms with van der Waals surface area (Å²) >= 11 is 0. The van der Waals surface area contributed by atoms with Gasteiger partial charge in [-0.1, -0.05) is 19.3 Å². The van der Waals surface area contributed by atoms with Crippen LogP contribution in [-0.4, -0.2) is 29.2 Å². The summed E-state index contributed by atoms with van der Waals surface area (Å²) in [4.78, 5) is 8.57. The average Bonchev–Trinajstić information content (AvgIpc) is 2.40. The predicted molar refractivity (Wildman–Crippen MR) is 77.9 cm³/mol. The molecule has 1 aliphatic rings. The van der Waals surface area contributed by atoms with Crippen molar-refractivity contribution in [3.05, 3.63) is 6.33 Å². The zero-order valence-electron chi connectivity index (χ0n) is 12.1. The number of methoxy groups -OCH3 is 1. The van der Waals surface area contributed by atoms with Gasteiger partial charge >= 0.3 is 0 Å². The maximum absolute atomic E-state index is 5.47. The molecule has 1 heterocycles. The third kappa shape index (κ3) is 3.28. The number of anilines is 2. The number of hydrogen-bond acceptors (Lipinski definition) is 5. The summed E-state index contributed by atoms with van der Waals surface area (Å²) in [6.07, 6.45) is 7.82. The van der Waals surface area contributed by atoms with Crippen molar-refractivity contribution in [3.8, 4) is 5.75 Å². The standard InChI is InChI=1S/C14H24N4O/c1-4-15-12-11(19-3)13(17-10-16-12)18-14(2)8-6-5-7-9-14/h10H,4-9H2,1-3H3,(H2,15,16,17,18). The number of nitrogens with zero attached hydrogens (tertiary/aromatic N) is 2. The summed E-state index contributed by atoms with van der Waals surface area (Å²) in [5, 5.41) is 6.76. The van der Waals surface area contributed by atoms with Gasteiger partial charge in [-0.15, -0.1) is 0 Å². The van der Waals surface area contributed by atoms with Crippen LogP contribution in [0.2, 0.25) is 0 Å². The summed E-state index contributed by atoms with van der Waals surface area (Å²) in [7, 11) is 1.66. The molecule has 0 unspecified atom stereocenters. The van der Waals surface area contributed by atoms with Gasteiger partial charge < -0.3 is 15.4 Å². The van der Waals surface area contributed by atoms with E-state index in [1.165, 1.54) is 32.1 Å². The molecule has 0 atom stereocenters. The van der Waals surface area contributed by atoms with Gasteiger partial charge in [0.1, 0.15) is 6.33 Å². The van der Waals surface area contributed by atoms with Gasteiger partial charge in [0.25, 0.3) is 0 Å². The van der Waals surface area contributed by atoms with Crippen LogP contribution in [0.25, 0.3) is 0 Å². The molecule has 0 spiro atoms. The minimum Gasteiger partial charge on any atom is -0.490 e. The molecule has 1 fully saturated rings. The number of aromatic nitrogens is 2. The van der Waals surface area contributed by atoms with E-state index in [-0.39, 0.29) is 5.54 Å². The topological polar surface area (TPSA) is 59.1 Å². The number of hydrogen-bond donors (Lipinski definition) is 2. The van der Waals surface area contributed by atoms with E-state index in [4.69, 9.17) is 4.74 Å². The zero-order valence-corrected chi connectivity index (χ0v) is 12.1. The molecule has 0 aliphatic heterocycles. The first-order valence-electron chi connectivity index (χ1n) is 7.09. The van der Waals surface area contributed by atoms with Crippen LogP contribution in [0, 0.1) is 0 Å². The molecule has 1 aromatic rings. The molecule has 19 heavy (non-hydrogen) atoms. The predicted octanol–water partition coefficient (Wildman–Crippen LogP) is 3.05. The van der Waals surface area contributed by atoms with Crippen molar-refractivity contribution in [2.75, 3.05) is 24.3 Å². The van der Waals surface area contributed by atoms with Gasteiger partial charge in [-0.3, -0.25) is 0 Å². The van der Waals surface area contributed by atoms with Crippen molar-refractivity contribution >= 4 is 11.6 Å². The first kappa shape index (κ1) is 13.9. The van der Waals surface area contributed by atoms with Crippen molar-refractivity contribution in [2.24, 2.45) is 0 Å². The van der Waals surface area contributed by atoms with Crippen LogP contribution in [0.4, 0.5) is 11.6 Å². The largest absolute Gasteiger partial charge is 0.490 e. The fraction of sp³-hybridized carbons (Fsp3) is 0.714. The van der Waals surface area contributed by atoms with E-state index >= 15 is 0 Å². The maximum atomic E-state index is 5.47. The molecular weight excluding hydrogens is 240 g/mol. The zero-order chi connectivity index (χ0) is 13.7. The van der Waals surface area contributed by atoms with Crippen molar-refractivity contribution < 1.29 is 4.74 Å². The third-order valence-corrected chi connectivity index (χ3v) is 3.73. The molecule has 1 saturated carbocycles. The minimum absolute atomic E-state index is 0.114. The lowest BCUT2D eigenvalue weighted by atomic mass is 9.83. The van der Waals surface area contributed by atoms with E-state index in [1.54, 1.807) is 13.4 Å². The highest BCUT2D eigenvalue weighted by atomic mass is 16.5. The van der Waals surface area contributed by atoms with E-state index < -0.39 is 0 Å². The molecule has 2 rings (SSSR count). The molecule has 0 radical (unpaired) electrons. The quantitative estimate of drug-likeness (QED) is 0.856.